The van der Waals surface area contributed by atoms with Crippen LogP contribution in [0, 0.1) is 6.92 Å². The molecule has 3 aromatic rings. The molecule has 0 unspecified atom stereocenters. The molecule has 0 fully saturated rings. The molecule has 6 heteroatoms. The molecule has 0 aliphatic heterocycles. The second kappa shape index (κ2) is 6.83. The number of fused-ring (bicyclic) bond motifs is 1. The molecule has 0 aliphatic carbocycles. The zero-order valence-electron chi connectivity index (χ0n) is 12.5. The van der Waals surface area contributed by atoms with E-state index in [0.29, 0.717) is 23.7 Å². The summed E-state index contributed by atoms with van der Waals surface area (Å²) in [6.45, 7) is 2.06. The highest BCUT2D eigenvalue weighted by molar-refractivity contribution is 9.10. The maximum absolute atomic E-state index is 11.9. The number of halogens is 1. The molecule has 23 heavy (non-hydrogen) atoms. The van der Waals surface area contributed by atoms with Gasteiger partial charge in [-0.05, 0) is 39.7 Å². The van der Waals surface area contributed by atoms with Gasteiger partial charge in [0.1, 0.15) is 17.2 Å². The lowest BCUT2D eigenvalue weighted by atomic mass is 10.1. The molecule has 0 saturated heterocycles. The molecule has 2 aromatic carbocycles. The van der Waals surface area contributed by atoms with Gasteiger partial charge in [-0.3, -0.25) is 4.79 Å². The molecule has 1 aromatic heterocycles. The molecule has 0 aliphatic rings. The number of aromatic nitrogens is 1. The largest absolute Gasteiger partial charge is 0.483 e. The van der Waals surface area contributed by atoms with Crippen LogP contribution in [-0.2, 0) is 11.3 Å². The van der Waals surface area contributed by atoms with Gasteiger partial charge in [0.15, 0.2) is 6.61 Å². The topological polar surface area (TPSA) is 64.4 Å². The summed E-state index contributed by atoms with van der Waals surface area (Å²) in [6, 6.07) is 13.6. The smallest absolute Gasteiger partial charge is 0.258 e. The van der Waals surface area contributed by atoms with E-state index in [9.17, 15) is 4.79 Å². The van der Waals surface area contributed by atoms with E-state index in [1.54, 1.807) is 13.0 Å². The van der Waals surface area contributed by atoms with Gasteiger partial charge in [0.2, 0.25) is 0 Å². The van der Waals surface area contributed by atoms with Crippen molar-refractivity contribution < 1.29 is 14.1 Å². The van der Waals surface area contributed by atoms with E-state index in [1.807, 2.05) is 36.4 Å². The fourth-order valence-corrected chi connectivity index (χ4v) is 2.82. The third kappa shape index (κ3) is 3.71. The minimum atomic E-state index is -0.217. The van der Waals surface area contributed by atoms with Crippen LogP contribution in [0.5, 0.6) is 5.75 Å². The van der Waals surface area contributed by atoms with Gasteiger partial charge >= 0.3 is 0 Å². The number of amides is 1. The van der Waals surface area contributed by atoms with Gasteiger partial charge in [0.25, 0.3) is 5.91 Å². The fraction of sp³-hybridized carbons (Fsp3) is 0.176. The number of nitrogens with zero attached hydrogens (tertiary/aromatic N) is 1. The van der Waals surface area contributed by atoms with Crippen LogP contribution in [0.3, 0.4) is 0 Å². The molecule has 1 N–H and O–H groups in total. The van der Waals surface area contributed by atoms with Gasteiger partial charge < -0.3 is 14.6 Å². The normalized spacial score (nSPS) is 10.7. The van der Waals surface area contributed by atoms with Crippen LogP contribution in [0.15, 0.2) is 51.5 Å². The highest BCUT2D eigenvalue weighted by Gasteiger charge is 2.09. The number of aryl methyl sites for hydroxylation is 1. The van der Waals surface area contributed by atoms with Gasteiger partial charge in [-0.1, -0.05) is 35.5 Å². The number of nitrogens with one attached hydrogen (secondary N) is 1. The van der Waals surface area contributed by atoms with Crippen molar-refractivity contribution in [3.8, 4) is 5.75 Å². The second-order valence-corrected chi connectivity index (χ2v) is 5.89. The molecule has 5 nitrogen and oxygen atoms in total. The number of benzene rings is 2. The van der Waals surface area contributed by atoms with Crippen molar-refractivity contribution in [1.29, 1.82) is 0 Å². The Morgan fingerprint density at radius 3 is 2.91 bits per heavy atom. The van der Waals surface area contributed by atoms with Gasteiger partial charge in [-0.2, -0.15) is 0 Å². The van der Waals surface area contributed by atoms with Crippen LogP contribution in [0.4, 0.5) is 0 Å². The number of carbonyl (C=O) groups excluding carboxylic acids is 1. The van der Waals surface area contributed by atoms with Gasteiger partial charge in [0.05, 0.1) is 11.0 Å². The lowest BCUT2D eigenvalue weighted by Crippen LogP contribution is -2.28. The van der Waals surface area contributed by atoms with Crippen molar-refractivity contribution in [1.82, 2.24) is 10.5 Å². The molecular formula is C17H15BrN2O3. The molecule has 0 bridgehead atoms. The lowest BCUT2D eigenvalue weighted by Gasteiger charge is -2.10. The highest BCUT2D eigenvalue weighted by atomic mass is 79.9. The van der Waals surface area contributed by atoms with Gasteiger partial charge in [-0.15, -0.1) is 0 Å². The molecule has 0 atom stereocenters. The Bertz CT molecular complexity index is 845. The molecule has 0 saturated carbocycles. The Hall–Kier alpha value is -2.34. The Morgan fingerprint density at radius 2 is 2.13 bits per heavy atom. The van der Waals surface area contributed by atoms with E-state index < -0.39 is 0 Å². The minimum absolute atomic E-state index is 0.0617. The average Bonchev–Trinajstić information content (AvgIpc) is 2.98. The SMILES string of the molecule is Cc1cc(CNC(=O)COc2ccc3ccccc3c2Br)no1. The van der Waals surface area contributed by atoms with Crippen LogP contribution in [0.1, 0.15) is 11.5 Å². The van der Waals surface area contributed by atoms with E-state index in [4.69, 9.17) is 9.26 Å². The van der Waals surface area contributed by atoms with Crippen molar-refractivity contribution >= 4 is 32.6 Å². The first-order valence-corrected chi connectivity index (χ1v) is 7.92. The summed E-state index contributed by atoms with van der Waals surface area (Å²) in [5.74, 6) is 1.13. The van der Waals surface area contributed by atoms with E-state index in [1.165, 1.54) is 0 Å². The Morgan fingerprint density at radius 1 is 1.30 bits per heavy atom. The first-order chi connectivity index (χ1) is 11.1. The summed E-state index contributed by atoms with van der Waals surface area (Å²) in [4.78, 5) is 11.9. The fourth-order valence-electron chi connectivity index (χ4n) is 2.21. The lowest BCUT2D eigenvalue weighted by molar-refractivity contribution is -0.123. The third-order valence-electron chi connectivity index (χ3n) is 3.33. The van der Waals surface area contributed by atoms with Gasteiger partial charge in [-0.25, -0.2) is 0 Å². The number of ether oxygens (including phenoxy) is 1. The summed E-state index contributed by atoms with van der Waals surface area (Å²) in [7, 11) is 0. The Kier molecular flexibility index (Phi) is 4.62. The quantitative estimate of drug-likeness (QED) is 0.740. The van der Waals surface area contributed by atoms with Crippen LogP contribution in [-0.4, -0.2) is 17.7 Å². The van der Waals surface area contributed by atoms with Crippen molar-refractivity contribution in [3.05, 3.63) is 58.4 Å². The monoisotopic (exact) mass is 374 g/mol. The van der Waals surface area contributed by atoms with Crippen LogP contribution in [0.25, 0.3) is 10.8 Å². The number of hydrogen-bond acceptors (Lipinski definition) is 4. The summed E-state index contributed by atoms with van der Waals surface area (Å²) < 4.78 is 11.4. The second-order valence-electron chi connectivity index (χ2n) is 5.09. The minimum Gasteiger partial charge on any atom is -0.483 e. The molecular weight excluding hydrogens is 360 g/mol. The summed E-state index contributed by atoms with van der Waals surface area (Å²) in [5.41, 5.74) is 0.683. The number of carbonyl (C=O) groups is 1. The molecule has 0 spiro atoms. The van der Waals surface area contributed by atoms with Crippen LogP contribution in [0.2, 0.25) is 0 Å². The first-order valence-electron chi connectivity index (χ1n) is 7.12. The predicted molar refractivity (Wildman–Crippen MR) is 90.2 cm³/mol. The van der Waals surface area contributed by atoms with E-state index >= 15 is 0 Å². The average molecular weight is 375 g/mol. The van der Waals surface area contributed by atoms with Crippen molar-refractivity contribution in [2.24, 2.45) is 0 Å². The first kappa shape index (κ1) is 15.6. The standard InChI is InChI=1S/C17H15BrN2O3/c1-11-8-13(20-23-11)9-19-16(21)10-22-15-7-6-12-4-2-3-5-14(12)17(15)18/h2-8H,9-10H2,1H3,(H,19,21). The number of rotatable bonds is 5. The molecule has 118 valence electrons. The zero-order chi connectivity index (χ0) is 16.2. The number of hydrogen-bond donors (Lipinski definition) is 1. The van der Waals surface area contributed by atoms with Gasteiger partial charge in [0, 0.05) is 6.07 Å². The zero-order valence-corrected chi connectivity index (χ0v) is 14.1. The summed E-state index contributed by atoms with van der Waals surface area (Å²) >= 11 is 3.53. The maximum Gasteiger partial charge on any atom is 0.258 e. The molecule has 1 heterocycles. The molecule has 1 amide bonds. The van der Waals surface area contributed by atoms with E-state index in [2.05, 4.69) is 26.4 Å². The third-order valence-corrected chi connectivity index (χ3v) is 4.15. The molecule has 3 rings (SSSR count). The highest BCUT2D eigenvalue weighted by Crippen LogP contribution is 2.32. The molecule has 0 radical (unpaired) electrons. The van der Waals surface area contributed by atoms with Crippen molar-refractivity contribution in [3.63, 3.8) is 0 Å². The summed E-state index contributed by atoms with van der Waals surface area (Å²) in [5, 5.41) is 8.71. The Labute approximate surface area is 141 Å². The maximum atomic E-state index is 11.9. The predicted octanol–water partition coefficient (Wildman–Crippen LogP) is 3.59. The van der Waals surface area contributed by atoms with E-state index in [0.717, 1.165) is 15.2 Å². The summed E-state index contributed by atoms with van der Waals surface area (Å²) in [6.07, 6.45) is 0. The van der Waals surface area contributed by atoms with Crippen LogP contribution >= 0.6 is 15.9 Å². The van der Waals surface area contributed by atoms with Crippen LogP contribution < -0.4 is 10.1 Å². The van der Waals surface area contributed by atoms with E-state index in [-0.39, 0.29) is 12.5 Å². The van der Waals surface area contributed by atoms with Crippen molar-refractivity contribution in [2.75, 3.05) is 6.61 Å². The van der Waals surface area contributed by atoms with Crippen molar-refractivity contribution in [2.45, 2.75) is 13.5 Å². The Balaban J connectivity index is 1.59.